The lowest BCUT2D eigenvalue weighted by atomic mass is 9.93. The Kier molecular flexibility index (Phi) is 6.87. The van der Waals surface area contributed by atoms with Gasteiger partial charge in [0.2, 0.25) is 0 Å². The van der Waals surface area contributed by atoms with E-state index in [-0.39, 0.29) is 0 Å². The molecule has 0 saturated carbocycles. The quantitative estimate of drug-likeness (QED) is 0.693. The number of nitrogens with one attached hydrogen (secondary N) is 1. The molecule has 1 aromatic rings. The molecule has 1 heterocycles. The second-order valence-electron chi connectivity index (χ2n) is 4.79. The van der Waals surface area contributed by atoms with Crippen molar-refractivity contribution < 1.29 is 0 Å². The fourth-order valence-corrected chi connectivity index (χ4v) is 2.29. The highest BCUT2D eigenvalue weighted by Gasteiger charge is 2.17. The van der Waals surface area contributed by atoms with E-state index in [0.29, 0.717) is 12.0 Å². The van der Waals surface area contributed by atoms with Crippen LogP contribution in [0.2, 0.25) is 0 Å². The topological polar surface area (TPSA) is 24.9 Å². The van der Waals surface area contributed by atoms with Gasteiger partial charge >= 0.3 is 0 Å². The number of pyridine rings is 1. The summed E-state index contributed by atoms with van der Waals surface area (Å²) in [6.07, 6.45) is 8.46. The van der Waals surface area contributed by atoms with Crippen LogP contribution in [0.3, 0.4) is 0 Å². The van der Waals surface area contributed by atoms with Crippen LogP contribution in [0.1, 0.15) is 57.6 Å². The molecule has 0 amide bonds. The highest BCUT2D eigenvalue weighted by Crippen LogP contribution is 2.20. The van der Waals surface area contributed by atoms with Crippen LogP contribution in [-0.4, -0.2) is 18.1 Å². The highest BCUT2D eigenvalue weighted by atomic mass is 14.9. The van der Waals surface area contributed by atoms with Crippen molar-refractivity contribution in [1.82, 2.24) is 10.3 Å². The van der Waals surface area contributed by atoms with Crippen molar-refractivity contribution in [2.24, 2.45) is 0 Å². The molecule has 2 heteroatoms. The van der Waals surface area contributed by atoms with Gasteiger partial charge in [0.05, 0.1) is 0 Å². The van der Waals surface area contributed by atoms with E-state index in [2.05, 4.69) is 43.3 Å². The monoisotopic (exact) mass is 234 g/mol. The smallest absolute Gasteiger partial charge is 0.0447 e. The molecule has 0 radical (unpaired) electrons. The number of hydrogen-bond donors (Lipinski definition) is 1. The number of aromatic nitrogens is 1. The Labute approximate surface area is 106 Å². The van der Waals surface area contributed by atoms with E-state index in [0.717, 1.165) is 0 Å². The Morgan fingerprint density at radius 1 is 1.24 bits per heavy atom. The Bertz CT molecular complexity index is 284. The highest BCUT2D eigenvalue weighted by molar-refractivity contribution is 5.10. The Morgan fingerprint density at radius 3 is 2.65 bits per heavy atom. The molecule has 0 aromatic carbocycles. The van der Waals surface area contributed by atoms with Crippen LogP contribution in [0.25, 0.3) is 0 Å². The van der Waals surface area contributed by atoms with Crippen LogP contribution >= 0.6 is 0 Å². The summed E-state index contributed by atoms with van der Waals surface area (Å²) in [7, 11) is 2.06. The second-order valence-corrected chi connectivity index (χ2v) is 4.79. The summed E-state index contributed by atoms with van der Waals surface area (Å²) in [5, 5.41) is 3.44. The molecule has 1 aromatic heterocycles. The first kappa shape index (κ1) is 14.2. The maximum Gasteiger partial charge on any atom is 0.0447 e. The van der Waals surface area contributed by atoms with E-state index < -0.39 is 0 Å². The normalized spacial score (nSPS) is 14.5. The van der Waals surface area contributed by atoms with Gasteiger partial charge in [0.15, 0.2) is 0 Å². The molecule has 0 spiro atoms. The first-order chi connectivity index (χ1) is 8.29. The molecule has 0 aliphatic carbocycles. The molecule has 0 aliphatic heterocycles. The lowest BCUT2D eigenvalue weighted by Gasteiger charge is -2.23. The van der Waals surface area contributed by atoms with Crippen molar-refractivity contribution in [3.8, 4) is 0 Å². The van der Waals surface area contributed by atoms with E-state index in [1.807, 2.05) is 12.3 Å². The van der Waals surface area contributed by atoms with Gasteiger partial charge in [0, 0.05) is 23.9 Å². The average molecular weight is 234 g/mol. The summed E-state index contributed by atoms with van der Waals surface area (Å²) in [5.74, 6) is 0.489. The van der Waals surface area contributed by atoms with E-state index in [1.54, 1.807) is 0 Å². The largest absolute Gasteiger partial charge is 0.316 e. The molecule has 0 aliphatic rings. The lowest BCUT2D eigenvalue weighted by Crippen LogP contribution is -2.31. The van der Waals surface area contributed by atoms with Crippen molar-refractivity contribution in [1.29, 1.82) is 0 Å². The number of likely N-dealkylation sites (N-methyl/N-ethyl adjacent to an activating group) is 1. The summed E-state index contributed by atoms with van der Waals surface area (Å²) in [6, 6.07) is 6.72. The third-order valence-electron chi connectivity index (χ3n) is 3.50. The van der Waals surface area contributed by atoms with Crippen LogP contribution in [-0.2, 0) is 0 Å². The van der Waals surface area contributed by atoms with Crippen molar-refractivity contribution in [2.45, 2.75) is 57.9 Å². The molecule has 2 atom stereocenters. The van der Waals surface area contributed by atoms with Crippen LogP contribution in [0.4, 0.5) is 0 Å². The van der Waals surface area contributed by atoms with Crippen LogP contribution in [0.5, 0.6) is 0 Å². The molecule has 1 N–H and O–H groups in total. The molecule has 17 heavy (non-hydrogen) atoms. The molecular weight excluding hydrogens is 208 g/mol. The summed E-state index contributed by atoms with van der Waals surface area (Å²) in [5.41, 5.74) is 1.20. The van der Waals surface area contributed by atoms with Gasteiger partial charge in [-0.15, -0.1) is 0 Å². The van der Waals surface area contributed by atoms with E-state index in [4.69, 9.17) is 0 Å². The first-order valence-corrected chi connectivity index (χ1v) is 6.87. The van der Waals surface area contributed by atoms with Gasteiger partial charge in [-0.2, -0.15) is 0 Å². The Balaban J connectivity index is 2.44. The maximum absolute atomic E-state index is 4.45. The van der Waals surface area contributed by atoms with E-state index >= 15 is 0 Å². The fourth-order valence-electron chi connectivity index (χ4n) is 2.29. The molecule has 96 valence electrons. The van der Waals surface area contributed by atoms with E-state index in [9.17, 15) is 0 Å². The van der Waals surface area contributed by atoms with Gasteiger partial charge in [-0.25, -0.2) is 0 Å². The predicted molar refractivity (Wildman–Crippen MR) is 74.3 cm³/mol. The zero-order valence-corrected chi connectivity index (χ0v) is 11.4. The molecule has 0 fully saturated rings. The zero-order chi connectivity index (χ0) is 12.5. The third kappa shape index (κ3) is 4.86. The predicted octanol–water partition coefficient (Wildman–Crippen LogP) is 3.74. The lowest BCUT2D eigenvalue weighted by molar-refractivity contribution is 0.428. The summed E-state index contributed by atoms with van der Waals surface area (Å²) < 4.78 is 0. The van der Waals surface area contributed by atoms with E-state index in [1.165, 1.54) is 37.8 Å². The van der Waals surface area contributed by atoms with Crippen molar-refractivity contribution in [3.63, 3.8) is 0 Å². The van der Waals surface area contributed by atoms with Gasteiger partial charge in [-0.1, -0.05) is 45.6 Å². The number of unbranched alkanes of at least 4 members (excludes halogenated alkanes) is 3. The van der Waals surface area contributed by atoms with Gasteiger partial charge < -0.3 is 5.32 Å². The second kappa shape index (κ2) is 8.24. The number of rotatable bonds is 8. The third-order valence-corrected chi connectivity index (χ3v) is 3.50. The Hall–Kier alpha value is -0.890. The fraction of sp³-hybridized carbons (Fsp3) is 0.667. The molecule has 1 rings (SSSR count). The van der Waals surface area contributed by atoms with Crippen molar-refractivity contribution in [2.75, 3.05) is 7.05 Å². The number of hydrogen-bond acceptors (Lipinski definition) is 2. The molecule has 0 bridgehead atoms. The average Bonchev–Trinajstić information content (AvgIpc) is 2.39. The first-order valence-electron chi connectivity index (χ1n) is 6.87. The standard InChI is InChI=1S/C15H26N2/c1-4-5-6-7-10-14(16-3)13(2)15-11-8-9-12-17-15/h8-9,11-14,16H,4-7,10H2,1-3H3. The minimum Gasteiger partial charge on any atom is -0.316 e. The molecular formula is C15H26N2. The Morgan fingerprint density at radius 2 is 2.06 bits per heavy atom. The minimum absolute atomic E-state index is 0.489. The summed E-state index contributed by atoms with van der Waals surface area (Å²) in [4.78, 5) is 4.45. The van der Waals surface area contributed by atoms with Crippen LogP contribution in [0.15, 0.2) is 24.4 Å². The van der Waals surface area contributed by atoms with Gasteiger partial charge in [-0.3, -0.25) is 4.98 Å². The van der Waals surface area contributed by atoms with Gasteiger partial charge in [-0.05, 0) is 25.6 Å². The van der Waals surface area contributed by atoms with Gasteiger partial charge in [0.25, 0.3) is 0 Å². The van der Waals surface area contributed by atoms with Crippen LogP contribution in [0, 0.1) is 0 Å². The molecule has 2 unspecified atom stereocenters. The minimum atomic E-state index is 0.489. The van der Waals surface area contributed by atoms with Crippen molar-refractivity contribution in [3.05, 3.63) is 30.1 Å². The summed E-state index contributed by atoms with van der Waals surface area (Å²) >= 11 is 0. The van der Waals surface area contributed by atoms with Crippen molar-refractivity contribution >= 4 is 0 Å². The van der Waals surface area contributed by atoms with Crippen LogP contribution < -0.4 is 5.32 Å². The maximum atomic E-state index is 4.45. The zero-order valence-electron chi connectivity index (χ0n) is 11.4. The molecule has 0 saturated heterocycles. The summed E-state index contributed by atoms with van der Waals surface area (Å²) in [6.45, 7) is 4.52. The SMILES string of the molecule is CCCCCCC(NC)C(C)c1ccccn1. The number of nitrogens with zero attached hydrogens (tertiary/aromatic N) is 1. The molecule has 2 nitrogen and oxygen atoms in total. The van der Waals surface area contributed by atoms with Gasteiger partial charge in [0.1, 0.15) is 0 Å².